The van der Waals surface area contributed by atoms with E-state index in [9.17, 15) is 4.39 Å². The average Bonchev–Trinajstić information content (AvgIpc) is 2.89. The second-order valence-corrected chi connectivity index (χ2v) is 6.58. The standard InChI is InChI=1S/C10H12ClFO2Si/c1-15(2)14-10(6-13-10)7-3-4-8(11)9(12)5-7/h3-5,15H,6H2,1-2H3. The molecule has 1 aromatic carbocycles. The molecule has 0 bridgehead atoms. The smallest absolute Gasteiger partial charge is 0.210 e. The number of benzene rings is 1. The second kappa shape index (κ2) is 3.86. The lowest BCUT2D eigenvalue weighted by Gasteiger charge is -2.16. The van der Waals surface area contributed by atoms with E-state index in [0.717, 1.165) is 0 Å². The van der Waals surface area contributed by atoms with Crippen molar-refractivity contribution in [3.63, 3.8) is 0 Å². The van der Waals surface area contributed by atoms with E-state index in [1.165, 1.54) is 12.1 Å². The minimum Gasteiger partial charge on any atom is -0.389 e. The van der Waals surface area contributed by atoms with Crippen molar-refractivity contribution in [2.24, 2.45) is 0 Å². The highest BCUT2D eigenvalue weighted by atomic mass is 35.5. The molecule has 1 saturated heterocycles. The van der Waals surface area contributed by atoms with Gasteiger partial charge in [-0.05, 0) is 25.2 Å². The molecule has 15 heavy (non-hydrogen) atoms. The van der Waals surface area contributed by atoms with E-state index < -0.39 is 20.6 Å². The fraction of sp³-hybridized carbons (Fsp3) is 0.400. The van der Waals surface area contributed by atoms with E-state index in [1.54, 1.807) is 6.07 Å². The van der Waals surface area contributed by atoms with Gasteiger partial charge in [-0.2, -0.15) is 0 Å². The molecule has 0 aliphatic carbocycles. The summed E-state index contributed by atoms with van der Waals surface area (Å²) in [5.41, 5.74) is 0.714. The van der Waals surface area contributed by atoms with Crippen molar-refractivity contribution in [1.29, 1.82) is 0 Å². The molecule has 1 atom stereocenters. The minimum absolute atomic E-state index is 0.122. The Kier molecular flexibility index (Phi) is 2.85. The molecule has 1 aliphatic rings. The first kappa shape index (κ1) is 11.1. The number of ether oxygens (including phenoxy) is 1. The van der Waals surface area contributed by atoms with Gasteiger partial charge < -0.3 is 9.16 Å². The molecule has 0 saturated carbocycles. The predicted molar refractivity (Wildman–Crippen MR) is 59.0 cm³/mol. The summed E-state index contributed by atoms with van der Waals surface area (Å²) in [5, 5.41) is 0.122. The Hall–Kier alpha value is -0.423. The molecule has 0 aromatic heterocycles. The van der Waals surface area contributed by atoms with Crippen LogP contribution in [0.1, 0.15) is 5.56 Å². The Labute approximate surface area is 94.7 Å². The van der Waals surface area contributed by atoms with Crippen molar-refractivity contribution >= 4 is 20.6 Å². The average molecular weight is 247 g/mol. The molecule has 0 spiro atoms. The highest BCUT2D eigenvalue weighted by Gasteiger charge is 2.48. The van der Waals surface area contributed by atoms with Crippen molar-refractivity contribution in [3.05, 3.63) is 34.6 Å². The van der Waals surface area contributed by atoms with Gasteiger partial charge in [0, 0.05) is 5.56 Å². The third kappa shape index (κ3) is 2.23. The number of rotatable bonds is 3. The zero-order valence-electron chi connectivity index (χ0n) is 8.59. The summed E-state index contributed by atoms with van der Waals surface area (Å²) in [6.45, 7) is 4.60. The molecule has 5 heteroatoms. The lowest BCUT2D eigenvalue weighted by molar-refractivity contribution is 0.0586. The lowest BCUT2D eigenvalue weighted by atomic mass is 10.1. The van der Waals surface area contributed by atoms with Crippen LogP contribution in [0.5, 0.6) is 0 Å². The van der Waals surface area contributed by atoms with Crippen LogP contribution in [0, 0.1) is 5.82 Å². The molecule has 2 rings (SSSR count). The van der Waals surface area contributed by atoms with Crippen molar-refractivity contribution in [3.8, 4) is 0 Å². The topological polar surface area (TPSA) is 21.8 Å². The molecular weight excluding hydrogens is 235 g/mol. The first-order valence-electron chi connectivity index (χ1n) is 4.81. The summed E-state index contributed by atoms with van der Waals surface area (Å²) >= 11 is 5.61. The molecule has 1 fully saturated rings. The number of hydrogen-bond donors (Lipinski definition) is 0. The maximum Gasteiger partial charge on any atom is 0.210 e. The van der Waals surface area contributed by atoms with Crippen molar-refractivity contribution in [2.45, 2.75) is 18.9 Å². The summed E-state index contributed by atoms with van der Waals surface area (Å²) in [5.74, 6) is -1.12. The Balaban J connectivity index is 2.26. The summed E-state index contributed by atoms with van der Waals surface area (Å²) in [7, 11) is -1.21. The summed E-state index contributed by atoms with van der Waals surface area (Å²) in [4.78, 5) is 0. The monoisotopic (exact) mass is 246 g/mol. The van der Waals surface area contributed by atoms with Crippen LogP contribution in [0.15, 0.2) is 18.2 Å². The highest BCUT2D eigenvalue weighted by Crippen LogP contribution is 2.41. The largest absolute Gasteiger partial charge is 0.389 e. The van der Waals surface area contributed by atoms with Crippen LogP contribution >= 0.6 is 11.6 Å². The normalized spacial score (nSPS) is 24.6. The molecular formula is C10H12ClFO2Si. The zero-order chi connectivity index (χ0) is 11.1. The van der Waals surface area contributed by atoms with Gasteiger partial charge in [-0.3, -0.25) is 0 Å². The molecule has 1 heterocycles. The van der Waals surface area contributed by atoms with Crippen LogP contribution in [-0.2, 0) is 14.9 Å². The SMILES string of the molecule is C[SiH](C)OC1(c2ccc(Cl)c(F)c2)CO1. The van der Waals surface area contributed by atoms with Gasteiger partial charge in [0.15, 0.2) is 9.04 Å². The quantitative estimate of drug-likeness (QED) is 0.604. The molecule has 1 aliphatic heterocycles. The highest BCUT2D eigenvalue weighted by molar-refractivity contribution is 6.48. The molecule has 0 amide bonds. The Morgan fingerprint density at radius 2 is 2.20 bits per heavy atom. The van der Waals surface area contributed by atoms with E-state index in [0.29, 0.717) is 12.2 Å². The van der Waals surface area contributed by atoms with Gasteiger partial charge in [0.25, 0.3) is 0 Å². The van der Waals surface area contributed by atoms with Gasteiger partial charge in [0.05, 0.1) is 5.02 Å². The first-order valence-corrected chi connectivity index (χ1v) is 7.97. The zero-order valence-corrected chi connectivity index (χ0v) is 10.5. The minimum atomic E-state index is -1.21. The second-order valence-electron chi connectivity index (χ2n) is 3.84. The van der Waals surface area contributed by atoms with Crippen molar-refractivity contribution in [2.75, 3.05) is 6.61 Å². The van der Waals surface area contributed by atoms with Crippen LogP contribution in [0.2, 0.25) is 18.1 Å². The van der Waals surface area contributed by atoms with E-state index in [1.807, 2.05) is 0 Å². The van der Waals surface area contributed by atoms with E-state index in [2.05, 4.69) is 13.1 Å². The van der Waals surface area contributed by atoms with Gasteiger partial charge in [-0.25, -0.2) is 4.39 Å². The number of hydrogen-bond acceptors (Lipinski definition) is 2. The van der Waals surface area contributed by atoms with Crippen molar-refractivity contribution in [1.82, 2.24) is 0 Å². The molecule has 82 valence electrons. The van der Waals surface area contributed by atoms with E-state index in [-0.39, 0.29) is 5.02 Å². The number of halogens is 2. The summed E-state index contributed by atoms with van der Waals surface area (Å²) < 4.78 is 24.3. The third-order valence-corrected chi connectivity index (χ3v) is 3.35. The van der Waals surface area contributed by atoms with Gasteiger partial charge in [0.2, 0.25) is 5.79 Å². The predicted octanol–water partition coefficient (Wildman–Crippen LogP) is 2.66. The third-order valence-electron chi connectivity index (χ3n) is 2.19. The van der Waals surface area contributed by atoms with Crippen LogP contribution < -0.4 is 0 Å². The van der Waals surface area contributed by atoms with Gasteiger partial charge in [-0.15, -0.1) is 0 Å². The Bertz CT molecular complexity index is 380. The maximum atomic E-state index is 13.2. The summed E-state index contributed by atoms with van der Waals surface area (Å²) in [6, 6.07) is 4.65. The van der Waals surface area contributed by atoms with Crippen LogP contribution in [0.4, 0.5) is 4.39 Å². The Morgan fingerprint density at radius 1 is 1.53 bits per heavy atom. The van der Waals surface area contributed by atoms with Gasteiger partial charge >= 0.3 is 0 Å². The van der Waals surface area contributed by atoms with Crippen molar-refractivity contribution < 1.29 is 13.6 Å². The van der Waals surface area contributed by atoms with Crippen LogP contribution in [0.3, 0.4) is 0 Å². The fourth-order valence-electron chi connectivity index (χ4n) is 1.48. The number of epoxide rings is 1. The molecule has 1 unspecified atom stereocenters. The van der Waals surface area contributed by atoms with Gasteiger partial charge in [-0.1, -0.05) is 17.7 Å². The summed E-state index contributed by atoms with van der Waals surface area (Å²) in [6.07, 6.45) is 0. The van der Waals surface area contributed by atoms with E-state index >= 15 is 0 Å². The molecule has 0 radical (unpaired) electrons. The van der Waals surface area contributed by atoms with Crippen LogP contribution in [-0.4, -0.2) is 15.6 Å². The molecule has 1 aromatic rings. The van der Waals surface area contributed by atoms with Crippen LogP contribution in [0.25, 0.3) is 0 Å². The molecule has 0 N–H and O–H groups in total. The Morgan fingerprint density at radius 3 is 2.67 bits per heavy atom. The molecule has 2 nitrogen and oxygen atoms in total. The fourth-order valence-corrected chi connectivity index (χ4v) is 2.63. The first-order chi connectivity index (χ1) is 7.03. The maximum absolute atomic E-state index is 13.2. The van der Waals surface area contributed by atoms with Gasteiger partial charge in [0.1, 0.15) is 12.4 Å². The lowest BCUT2D eigenvalue weighted by Crippen LogP contribution is -2.21. The van der Waals surface area contributed by atoms with E-state index in [4.69, 9.17) is 20.8 Å².